The van der Waals surface area contributed by atoms with Crippen molar-refractivity contribution in [2.75, 3.05) is 10.6 Å². The molecular formula is C22H17ClN4O. The van der Waals surface area contributed by atoms with E-state index in [-0.39, 0.29) is 5.91 Å². The number of nitrogens with zero attached hydrogens (tertiary/aromatic N) is 2. The van der Waals surface area contributed by atoms with Gasteiger partial charge in [-0.25, -0.2) is 4.98 Å². The Morgan fingerprint density at radius 1 is 0.964 bits per heavy atom. The molecule has 0 aliphatic rings. The van der Waals surface area contributed by atoms with Crippen molar-refractivity contribution in [3.05, 3.63) is 89.2 Å². The van der Waals surface area contributed by atoms with E-state index in [0.29, 0.717) is 22.1 Å². The molecule has 4 rings (SSSR count). The van der Waals surface area contributed by atoms with Crippen molar-refractivity contribution >= 4 is 45.6 Å². The van der Waals surface area contributed by atoms with Crippen LogP contribution in [0, 0.1) is 6.92 Å². The molecule has 1 amide bonds. The number of carbonyl (C=O) groups excluding carboxylic acids is 1. The van der Waals surface area contributed by atoms with E-state index >= 15 is 0 Å². The molecule has 0 saturated heterocycles. The smallest absolute Gasteiger partial charge is 0.255 e. The number of anilines is 3. The third-order valence-corrected chi connectivity index (χ3v) is 4.75. The van der Waals surface area contributed by atoms with Crippen LogP contribution in [0.3, 0.4) is 0 Å². The van der Waals surface area contributed by atoms with Crippen LogP contribution in [0.5, 0.6) is 0 Å². The lowest BCUT2D eigenvalue weighted by atomic mass is 10.2. The number of hydrogen-bond donors (Lipinski definition) is 2. The number of para-hydroxylation sites is 1. The summed E-state index contributed by atoms with van der Waals surface area (Å²) in [6.07, 6.45) is 3.34. The zero-order valence-electron chi connectivity index (χ0n) is 15.1. The molecule has 2 heterocycles. The van der Waals surface area contributed by atoms with Crippen LogP contribution in [-0.2, 0) is 0 Å². The number of aromatic nitrogens is 2. The second-order valence-electron chi connectivity index (χ2n) is 6.35. The third kappa shape index (κ3) is 3.80. The van der Waals surface area contributed by atoms with Crippen LogP contribution in [0.4, 0.5) is 17.2 Å². The Labute approximate surface area is 167 Å². The van der Waals surface area contributed by atoms with Crippen LogP contribution in [-0.4, -0.2) is 15.9 Å². The molecule has 0 fully saturated rings. The minimum Gasteiger partial charge on any atom is -0.338 e. The molecule has 0 aliphatic heterocycles. The van der Waals surface area contributed by atoms with Gasteiger partial charge in [0, 0.05) is 34.1 Å². The summed E-state index contributed by atoms with van der Waals surface area (Å²) in [5, 5.41) is 7.74. The largest absolute Gasteiger partial charge is 0.338 e. The van der Waals surface area contributed by atoms with Crippen molar-refractivity contribution in [3.8, 4) is 0 Å². The molecule has 138 valence electrons. The summed E-state index contributed by atoms with van der Waals surface area (Å²) in [6, 6.07) is 18.6. The number of amides is 1. The molecular weight excluding hydrogens is 372 g/mol. The Morgan fingerprint density at radius 3 is 2.68 bits per heavy atom. The second-order valence-corrected chi connectivity index (χ2v) is 6.76. The average molecular weight is 389 g/mol. The average Bonchev–Trinajstić information content (AvgIpc) is 2.71. The highest BCUT2D eigenvalue weighted by Crippen LogP contribution is 2.24. The molecule has 2 N–H and O–H groups in total. The lowest BCUT2D eigenvalue weighted by Crippen LogP contribution is -2.12. The molecule has 2 aromatic heterocycles. The molecule has 0 bridgehead atoms. The lowest BCUT2D eigenvalue weighted by molar-refractivity contribution is 0.102. The van der Waals surface area contributed by atoms with Crippen molar-refractivity contribution in [2.24, 2.45) is 0 Å². The van der Waals surface area contributed by atoms with Gasteiger partial charge in [-0.3, -0.25) is 9.78 Å². The van der Waals surface area contributed by atoms with Gasteiger partial charge >= 0.3 is 0 Å². The topological polar surface area (TPSA) is 66.9 Å². The zero-order valence-corrected chi connectivity index (χ0v) is 15.9. The van der Waals surface area contributed by atoms with Crippen LogP contribution in [0.25, 0.3) is 10.9 Å². The Kier molecular flexibility index (Phi) is 4.91. The second kappa shape index (κ2) is 7.66. The molecule has 2 aromatic carbocycles. The molecule has 0 atom stereocenters. The number of carbonyl (C=O) groups is 1. The molecule has 0 radical (unpaired) electrons. The minimum atomic E-state index is -0.235. The maximum absolute atomic E-state index is 12.6. The fourth-order valence-corrected chi connectivity index (χ4v) is 3.04. The van der Waals surface area contributed by atoms with Gasteiger partial charge < -0.3 is 10.6 Å². The van der Waals surface area contributed by atoms with E-state index in [0.717, 1.165) is 22.2 Å². The highest BCUT2D eigenvalue weighted by atomic mass is 35.5. The number of rotatable bonds is 4. The van der Waals surface area contributed by atoms with Crippen molar-refractivity contribution < 1.29 is 4.79 Å². The van der Waals surface area contributed by atoms with Gasteiger partial charge in [0.15, 0.2) is 0 Å². The highest BCUT2D eigenvalue weighted by Gasteiger charge is 2.10. The fraction of sp³-hybridized carbons (Fsp3) is 0.0455. The number of benzene rings is 2. The number of fused-ring (bicyclic) bond motifs is 1. The van der Waals surface area contributed by atoms with E-state index in [9.17, 15) is 4.79 Å². The van der Waals surface area contributed by atoms with Crippen LogP contribution >= 0.6 is 11.6 Å². The number of aryl methyl sites for hydroxylation is 1. The maximum Gasteiger partial charge on any atom is 0.255 e. The summed E-state index contributed by atoms with van der Waals surface area (Å²) in [7, 11) is 0. The van der Waals surface area contributed by atoms with Gasteiger partial charge in [0.1, 0.15) is 5.82 Å². The summed E-state index contributed by atoms with van der Waals surface area (Å²) in [4.78, 5) is 21.3. The lowest BCUT2D eigenvalue weighted by Gasteiger charge is -2.10. The van der Waals surface area contributed by atoms with E-state index in [2.05, 4.69) is 20.6 Å². The van der Waals surface area contributed by atoms with Gasteiger partial charge in [0.25, 0.3) is 5.91 Å². The molecule has 5 nitrogen and oxygen atoms in total. The van der Waals surface area contributed by atoms with Crippen LogP contribution in [0.2, 0.25) is 5.02 Å². The quantitative estimate of drug-likeness (QED) is 0.478. The van der Waals surface area contributed by atoms with E-state index in [1.165, 1.54) is 0 Å². The third-order valence-electron chi connectivity index (χ3n) is 4.35. The summed E-state index contributed by atoms with van der Waals surface area (Å²) in [5.41, 5.74) is 3.76. The first-order valence-corrected chi connectivity index (χ1v) is 9.12. The maximum atomic E-state index is 12.6. The summed E-state index contributed by atoms with van der Waals surface area (Å²) in [5.74, 6) is 0.328. The molecule has 0 spiro atoms. The molecule has 6 heteroatoms. The normalized spacial score (nSPS) is 10.6. The zero-order chi connectivity index (χ0) is 19.5. The van der Waals surface area contributed by atoms with Gasteiger partial charge in [-0.2, -0.15) is 0 Å². The van der Waals surface area contributed by atoms with Gasteiger partial charge in [0.05, 0.1) is 11.2 Å². The summed E-state index contributed by atoms with van der Waals surface area (Å²) < 4.78 is 0. The first-order valence-electron chi connectivity index (χ1n) is 8.74. The SMILES string of the molecule is Cc1ccc(NC(=O)c2ccnc(Nc3cccc4cccnc34)c2)cc1Cl. The Balaban J connectivity index is 1.57. The predicted octanol–water partition coefficient (Wildman–Crippen LogP) is 5.59. The van der Waals surface area contributed by atoms with E-state index < -0.39 is 0 Å². The summed E-state index contributed by atoms with van der Waals surface area (Å²) in [6.45, 7) is 1.91. The van der Waals surface area contributed by atoms with Gasteiger partial charge in [0.2, 0.25) is 0 Å². The van der Waals surface area contributed by atoms with Gasteiger partial charge in [-0.1, -0.05) is 35.9 Å². The Hall–Kier alpha value is -3.44. The van der Waals surface area contributed by atoms with Gasteiger partial charge in [-0.05, 0) is 48.9 Å². The molecule has 28 heavy (non-hydrogen) atoms. The number of pyridine rings is 2. The number of nitrogens with one attached hydrogen (secondary N) is 2. The van der Waals surface area contributed by atoms with E-state index in [1.807, 2.05) is 49.4 Å². The monoisotopic (exact) mass is 388 g/mol. The number of hydrogen-bond acceptors (Lipinski definition) is 4. The molecule has 4 aromatic rings. The van der Waals surface area contributed by atoms with E-state index in [4.69, 9.17) is 11.6 Å². The Bertz CT molecular complexity index is 1170. The molecule has 0 aliphatic carbocycles. The molecule has 0 saturated carbocycles. The van der Waals surface area contributed by atoms with Crippen molar-refractivity contribution in [3.63, 3.8) is 0 Å². The Morgan fingerprint density at radius 2 is 1.82 bits per heavy atom. The van der Waals surface area contributed by atoms with E-state index in [1.54, 1.807) is 30.6 Å². The van der Waals surface area contributed by atoms with Gasteiger partial charge in [-0.15, -0.1) is 0 Å². The highest BCUT2D eigenvalue weighted by molar-refractivity contribution is 6.31. The number of halogens is 1. The van der Waals surface area contributed by atoms with Crippen molar-refractivity contribution in [2.45, 2.75) is 6.92 Å². The minimum absolute atomic E-state index is 0.235. The first kappa shape index (κ1) is 17.9. The first-order chi connectivity index (χ1) is 13.6. The van der Waals surface area contributed by atoms with Crippen LogP contribution in [0.1, 0.15) is 15.9 Å². The predicted molar refractivity (Wildman–Crippen MR) is 113 cm³/mol. The fourth-order valence-electron chi connectivity index (χ4n) is 2.86. The van der Waals surface area contributed by atoms with Crippen LogP contribution in [0.15, 0.2) is 73.1 Å². The standard InChI is InChI=1S/C22H17ClN4O/c1-14-7-8-17(13-18(14)23)26-22(28)16-9-11-24-20(12-16)27-19-6-2-4-15-5-3-10-25-21(15)19/h2-13H,1H3,(H,24,27)(H,26,28). The van der Waals surface area contributed by atoms with Crippen molar-refractivity contribution in [1.82, 2.24) is 9.97 Å². The van der Waals surface area contributed by atoms with Crippen molar-refractivity contribution in [1.29, 1.82) is 0 Å². The molecule has 0 unspecified atom stereocenters. The summed E-state index contributed by atoms with van der Waals surface area (Å²) >= 11 is 6.13. The van der Waals surface area contributed by atoms with Crippen LogP contribution < -0.4 is 10.6 Å².